The molecule has 35 heavy (non-hydrogen) atoms. The van der Waals surface area contributed by atoms with Crippen LogP contribution in [0.15, 0.2) is 42.5 Å². The zero-order valence-corrected chi connectivity index (χ0v) is 21.0. The summed E-state index contributed by atoms with van der Waals surface area (Å²) in [6.45, 7) is 6.32. The molecular weight excluding hydrogens is 464 g/mol. The Morgan fingerprint density at radius 3 is 2.40 bits per heavy atom. The van der Waals surface area contributed by atoms with Crippen LogP contribution in [-0.4, -0.2) is 44.0 Å². The van der Waals surface area contributed by atoms with Crippen LogP contribution in [0.25, 0.3) is 27.7 Å². The summed E-state index contributed by atoms with van der Waals surface area (Å²) >= 11 is 0. The Balaban J connectivity index is 1.48. The molecule has 3 aromatic heterocycles. The van der Waals surface area contributed by atoms with Crippen molar-refractivity contribution in [3.63, 3.8) is 0 Å². The molecule has 10 nitrogen and oxygen atoms in total. The number of nitrogens with zero attached hydrogens (tertiary/aromatic N) is 6. The summed E-state index contributed by atoms with van der Waals surface area (Å²) in [6.07, 6.45) is 1.13. The van der Waals surface area contributed by atoms with Crippen LogP contribution in [0.3, 0.4) is 0 Å². The SMILES string of the molecule is Cc1nc(NCc2ccc(NS(C)(=O)=O)cc2)n2nc(C)c(-c3ccc4c(c3)c(C)nn4C)c2n1. The van der Waals surface area contributed by atoms with Crippen molar-refractivity contribution in [2.75, 3.05) is 16.3 Å². The molecule has 2 aromatic carbocycles. The number of anilines is 2. The Hall–Kier alpha value is -3.99. The first kappa shape index (κ1) is 22.8. The van der Waals surface area contributed by atoms with E-state index in [9.17, 15) is 8.42 Å². The summed E-state index contributed by atoms with van der Waals surface area (Å²) in [5.74, 6) is 1.21. The number of aromatic nitrogens is 6. The minimum Gasteiger partial charge on any atom is -0.350 e. The van der Waals surface area contributed by atoms with E-state index in [-0.39, 0.29) is 0 Å². The van der Waals surface area contributed by atoms with Crippen LogP contribution in [0, 0.1) is 20.8 Å². The Bertz CT molecular complexity index is 1680. The van der Waals surface area contributed by atoms with Crippen molar-refractivity contribution in [1.29, 1.82) is 0 Å². The first-order valence-electron chi connectivity index (χ1n) is 11.1. The van der Waals surface area contributed by atoms with Crippen molar-refractivity contribution < 1.29 is 8.42 Å². The number of hydrogen-bond acceptors (Lipinski definition) is 7. The van der Waals surface area contributed by atoms with E-state index in [1.807, 2.05) is 44.6 Å². The lowest BCUT2D eigenvalue weighted by Gasteiger charge is -2.10. The Kier molecular flexibility index (Phi) is 5.43. The maximum absolute atomic E-state index is 11.4. The lowest BCUT2D eigenvalue weighted by atomic mass is 10.0. The van der Waals surface area contributed by atoms with Gasteiger partial charge in [0.25, 0.3) is 0 Å². The van der Waals surface area contributed by atoms with Crippen molar-refractivity contribution in [3.8, 4) is 11.1 Å². The van der Waals surface area contributed by atoms with Crippen LogP contribution in [0.1, 0.15) is 22.8 Å². The van der Waals surface area contributed by atoms with Gasteiger partial charge in [0, 0.05) is 30.2 Å². The van der Waals surface area contributed by atoms with Crippen LogP contribution in [0.2, 0.25) is 0 Å². The highest BCUT2D eigenvalue weighted by atomic mass is 32.2. The summed E-state index contributed by atoms with van der Waals surface area (Å²) < 4.78 is 28.9. The average molecular weight is 491 g/mol. The molecule has 0 aliphatic carbocycles. The monoisotopic (exact) mass is 490 g/mol. The average Bonchev–Trinajstić information content (AvgIpc) is 3.26. The summed E-state index contributed by atoms with van der Waals surface area (Å²) in [5, 5.41) is 13.7. The second-order valence-corrected chi connectivity index (χ2v) is 10.4. The minimum atomic E-state index is -3.31. The fraction of sp³-hybridized carbons (Fsp3) is 0.250. The van der Waals surface area contributed by atoms with Crippen molar-refractivity contribution in [3.05, 3.63) is 65.2 Å². The van der Waals surface area contributed by atoms with Gasteiger partial charge in [-0.1, -0.05) is 18.2 Å². The lowest BCUT2D eigenvalue weighted by Crippen LogP contribution is -2.11. The van der Waals surface area contributed by atoms with E-state index in [0.29, 0.717) is 24.0 Å². The molecule has 180 valence electrons. The molecule has 0 bridgehead atoms. The van der Waals surface area contributed by atoms with Gasteiger partial charge in [0.15, 0.2) is 5.65 Å². The summed E-state index contributed by atoms with van der Waals surface area (Å²) in [6, 6.07) is 13.5. The molecule has 0 fully saturated rings. The van der Waals surface area contributed by atoms with Crippen LogP contribution < -0.4 is 10.0 Å². The fourth-order valence-electron chi connectivity index (χ4n) is 4.28. The van der Waals surface area contributed by atoms with Gasteiger partial charge in [-0.25, -0.2) is 13.4 Å². The third-order valence-corrected chi connectivity index (χ3v) is 6.41. The van der Waals surface area contributed by atoms with E-state index in [0.717, 1.165) is 50.9 Å². The van der Waals surface area contributed by atoms with E-state index in [1.54, 1.807) is 16.6 Å². The highest BCUT2D eigenvalue weighted by Gasteiger charge is 2.18. The van der Waals surface area contributed by atoms with Crippen LogP contribution >= 0.6 is 0 Å². The third kappa shape index (κ3) is 4.42. The van der Waals surface area contributed by atoms with Gasteiger partial charge in [-0.05, 0) is 56.2 Å². The molecule has 0 saturated heterocycles. The molecule has 0 spiro atoms. The number of benzene rings is 2. The molecule has 0 unspecified atom stereocenters. The maximum atomic E-state index is 11.4. The molecule has 11 heteroatoms. The van der Waals surface area contributed by atoms with Crippen molar-refractivity contribution in [2.24, 2.45) is 7.05 Å². The first-order chi connectivity index (χ1) is 16.6. The Morgan fingerprint density at radius 1 is 0.943 bits per heavy atom. The largest absolute Gasteiger partial charge is 0.350 e. The topological polar surface area (TPSA) is 119 Å². The number of hydrogen-bond donors (Lipinski definition) is 2. The van der Waals surface area contributed by atoms with Gasteiger partial charge in [-0.3, -0.25) is 9.40 Å². The number of fused-ring (bicyclic) bond motifs is 2. The van der Waals surface area contributed by atoms with Crippen molar-refractivity contribution in [1.82, 2.24) is 29.4 Å². The fourth-order valence-corrected chi connectivity index (χ4v) is 4.84. The molecule has 3 heterocycles. The predicted octanol–water partition coefficient (Wildman–Crippen LogP) is 3.59. The second kappa shape index (κ2) is 8.35. The zero-order valence-electron chi connectivity index (χ0n) is 20.2. The molecule has 0 aliphatic heterocycles. The van der Waals surface area contributed by atoms with Gasteiger partial charge < -0.3 is 5.32 Å². The smallest absolute Gasteiger partial charge is 0.229 e. The van der Waals surface area contributed by atoms with Crippen molar-refractivity contribution in [2.45, 2.75) is 27.3 Å². The molecule has 0 aliphatic rings. The second-order valence-electron chi connectivity index (χ2n) is 8.66. The van der Waals surface area contributed by atoms with Crippen LogP contribution in [-0.2, 0) is 23.6 Å². The van der Waals surface area contributed by atoms with E-state index in [4.69, 9.17) is 10.1 Å². The maximum Gasteiger partial charge on any atom is 0.229 e. The molecule has 5 rings (SSSR count). The lowest BCUT2D eigenvalue weighted by molar-refractivity contribution is 0.607. The normalized spacial score (nSPS) is 11.9. The standard InChI is InChI=1S/C24H26N8O2S/c1-14-20-12-18(8-11-21(20)31(4)28-14)22-15(2)29-32-23(22)26-16(3)27-24(32)25-13-17-6-9-19(10-7-17)30-35(5,33)34/h6-12,30H,13H2,1-5H3,(H,25,26,27). The van der Waals surface area contributed by atoms with E-state index >= 15 is 0 Å². The van der Waals surface area contributed by atoms with E-state index < -0.39 is 10.0 Å². The van der Waals surface area contributed by atoms with Gasteiger partial charge in [0.2, 0.25) is 16.0 Å². The highest BCUT2D eigenvalue weighted by molar-refractivity contribution is 7.92. The number of aryl methyl sites for hydroxylation is 4. The quantitative estimate of drug-likeness (QED) is 0.373. The van der Waals surface area contributed by atoms with Crippen LogP contribution in [0.5, 0.6) is 0 Å². The van der Waals surface area contributed by atoms with Gasteiger partial charge in [-0.2, -0.15) is 19.7 Å². The summed E-state index contributed by atoms with van der Waals surface area (Å²) in [7, 11) is -1.37. The minimum absolute atomic E-state index is 0.486. The first-order valence-corrected chi connectivity index (χ1v) is 13.0. The molecule has 0 amide bonds. The molecule has 0 atom stereocenters. The van der Waals surface area contributed by atoms with Gasteiger partial charge in [-0.15, -0.1) is 0 Å². The van der Waals surface area contributed by atoms with Gasteiger partial charge >= 0.3 is 0 Å². The van der Waals surface area contributed by atoms with E-state index in [2.05, 4.69) is 38.3 Å². The summed E-state index contributed by atoms with van der Waals surface area (Å²) in [4.78, 5) is 9.28. The molecule has 5 aromatic rings. The summed E-state index contributed by atoms with van der Waals surface area (Å²) in [5.41, 5.74) is 7.10. The molecular formula is C24H26N8O2S. The van der Waals surface area contributed by atoms with Crippen molar-refractivity contribution >= 4 is 38.2 Å². The zero-order chi connectivity index (χ0) is 24.9. The predicted molar refractivity (Wildman–Crippen MR) is 137 cm³/mol. The highest BCUT2D eigenvalue weighted by Crippen LogP contribution is 2.31. The van der Waals surface area contributed by atoms with Gasteiger partial charge in [0.1, 0.15) is 5.82 Å². The number of rotatable bonds is 6. The van der Waals surface area contributed by atoms with Crippen LogP contribution in [0.4, 0.5) is 11.6 Å². The molecule has 0 saturated carbocycles. The Labute approximate surface area is 203 Å². The third-order valence-electron chi connectivity index (χ3n) is 5.80. The molecule has 0 radical (unpaired) electrons. The number of nitrogens with one attached hydrogen (secondary N) is 2. The van der Waals surface area contributed by atoms with Gasteiger partial charge in [0.05, 0.1) is 23.2 Å². The van der Waals surface area contributed by atoms with E-state index in [1.165, 1.54) is 0 Å². The molecule has 2 N–H and O–H groups in total. The number of sulfonamides is 1. The Morgan fingerprint density at radius 2 is 1.69 bits per heavy atom.